The molecule has 2 rings (SSSR count). The van der Waals surface area contributed by atoms with Crippen LogP contribution in [0.2, 0.25) is 4.82 Å². The average molecular weight is 384 g/mol. The first-order chi connectivity index (χ1) is 10.8. The van der Waals surface area contributed by atoms with E-state index in [1.165, 1.54) is 16.5 Å². The number of methoxy groups -OCH3 is 1. The molecule has 0 unspecified atom stereocenters. The fourth-order valence-electron chi connectivity index (χ4n) is 2.46. The summed E-state index contributed by atoms with van der Waals surface area (Å²) < 4.78 is 11.6. The molecule has 1 aliphatic rings. The van der Waals surface area contributed by atoms with Crippen LogP contribution < -0.4 is 4.46 Å². The van der Waals surface area contributed by atoms with Gasteiger partial charge in [0.1, 0.15) is 0 Å². The Labute approximate surface area is 143 Å². The first-order valence-electron chi connectivity index (χ1n) is 7.59. The number of rotatable bonds is 3. The van der Waals surface area contributed by atoms with Crippen LogP contribution in [0.5, 0.6) is 0 Å². The van der Waals surface area contributed by atoms with Crippen LogP contribution in [0.25, 0.3) is 0 Å². The predicted molar refractivity (Wildman–Crippen MR) is 88.9 cm³/mol. The third-order valence-corrected chi connectivity index (χ3v) is 5.97. The van der Waals surface area contributed by atoms with Crippen LogP contribution in [-0.4, -0.2) is 57.2 Å². The van der Waals surface area contributed by atoms with Crippen LogP contribution in [0.4, 0.5) is 4.79 Å². The molecule has 23 heavy (non-hydrogen) atoms. The van der Waals surface area contributed by atoms with Crippen LogP contribution in [0.15, 0.2) is 30.3 Å². The molecule has 1 heterocycles. The summed E-state index contributed by atoms with van der Waals surface area (Å²) >= 11 is 0.199. The average Bonchev–Trinajstić information content (AvgIpc) is 2.90. The quantitative estimate of drug-likeness (QED) is 0.591. The van der Waals surface area contributed by atoms with E-state index in [4.69, 9.17) is 9.47 Å². The predicted octanol–water partition coefficient (Wildman–Crippen LogP) is 1.99. The van der Waals surface area contributed by atoms with Crippen LogP contribution in [0.3, 0.4) is 0 Å². The number of amides is 1. The Morgan fingerprint density at radius 1 is 1.22 bits per heavy atom. The van der Waals surface area contributed by atoms with Crippen molar-refractivity contribution in [2.75, 3.05) is 13.7 Å². The molecule has 0 radical (unpaired) electrons. The maximum atomic E-state index is 12.4. The molecule has 1 aliphatic heterocycles. The number of ether oxygens (including phenoxy) is 2. The normalized spacial score (nSPS) is 21.1. The van der Waals surface area contributed by atoms with E-state index in [-0.39, 0.29) is 25.7 Å². The van der Waals surface area contributed by atoms with E-state index < -0.39 is 17.7 Å². The van der Waals surface area contributed by atoms with Crippen LogP contribution >= 0.6 is 0 Å². The second kappa shape index (κ2) is 7.37. The van der Waals surface area contributed by atoms with Crippen molar-refractivity contribution in [1.82, 2.24) is 4.90 Å². The zero-order valence-electron chi connectivity index (χ0n) is 13.9. The molecule has 1 aromatic carbocycles. The minimum absolute atomic E-state index is 0.199. The Hall–Kier alpha value is -1.52. The number of likely N-dealkylation sites (tertiary alicyclic amines) is 1. The molecule has 0 bridgehead atoms. The summed E-state index contributed by atoms with van der Waals surface area (Å²) in [6.45, 7) is 5.99. The Bertz CT molecular complexity index is 555. The summed E-state index contributed by atoms with van der Waals surface area (Å²) in [7, 11) is 1.35. The number of carbonyl (C=O) groups is 2. The number of nitrogens with zero attached hydrogens (tertiary/aromatic N) is 1. The van der Waals surface area contributed by atoms with Crippen molar-refractivity contribution in [3.05, 3.63) is 30.3 Å². The monoisotopic (exact) mass is 385 g/mol. The van der Waals surface area contributed by atoms with Crippen molar-refractivity contribution >= 4 is 31.5 Å². The van der Waals surface area contributed by atoms with Crippen LogP contribution in [-0.2, 0) is 14.3 Å². The van der Waals surface area contributed by atoms with E-state index in [0.717, 1.165) is 0 Å². The number of hydrogen-bond acceptors (Lipinski definition) is 4. The molecule has 0 aliphatic carbocycles. The minimum atomic E-state index is -0.583. The fraction of sp³-hybridized carbons (Fsp3) is 0.529. The Balaban J connectivity index is 2.09. The molecule has 5 nitrogen and oxygen atoms in total. The Morgan fingerprint density at radius 3 is 2.43 bits per heavy atom. The second-order valence-electron chi connectivity index (χ2n) is 6.46. The van der Waals surface area contributed by atoms with Crippen molar-refractivity contribution in [2.24, 2.45) is 0 Å². The molecule has 0 spiro atoms. The molecular weight excluding hydrogens is 361 g/mol. The number of carbonyl (C=O) groups excluding carboxylic acids is 2. The molecular formula is C17H23NO4Se. The van der Waals surface area contributed by atoms with E-state index in [1.807, 2.05) is 39.0 Å². The Morgan fingerprint density at radius 2 is 1.87 bits per heavy atom. The third kappa shape index (κ3) is 4.98. The van der Waals surface area contributed by atoms with Crippen LogP contribution in [0, 0.1) is 0 Å². The molecule has 0 N–H and O–H groups in total. The van der Waals surface area contributed by atoms with Crippen molar-refractivity contribution in [1.29, 1.82) is 0 Å². The van der Waals surface area contributed by atoms with Crippen LogP contribution in [0.1, 0.15) is 27.2 Å². The van der Waals surface area contributed by atoms with Gasteiger partial charge in [-0.2, -0.15) is 0 Å². The van der Waals surface area contributed by atoms with E-state index in [2.05, 4.69) is 12.1 Å². The van der Waals surface area contributed by atoms with E-state index >= 15 is 0 Å². The van der Waals surface area contributed by atoms with Gasteiger partial charge in [-0.1, -0.05) is 0 Å². The molecule has 1 aromatic rings. The summed E-state index contributed by atoms with van der Waals surface area (Å²) in [5.41, 5.74) is -0.583. The van der Waals surface area contributed by atoms with Gasteiger partial charge in [0.2, 0.25) is 0 Å². The zero-order chi connectivity index (χ0) is 17.0. The van der Waals surface area contributed by atoms with Gasteiger partial charge in [-0.15, -0.1) is 0 Å². The third-order valence-electron chi connectivity index (χ3n) is 3.41. The van der Waals surface area contributed by atoms with Gasteiger partial charge in [0.05, 0.1) is 0 Å². The SMILES string of the molecule is COC(=O)[C@@H]1C[C@H]([Se]c2ccccc2)CN1C(=O)OC(C)(C)C. The van der Waals surface area contributed by atoms with Crippen molar-refractivity contribution in [3.8, 4) is 0 Å². The summed E-state index contributed by atoms with van der Waals surface area (Å²) in [6, 6.07) is 9.63. The topological polar surface area (TPSA) is 55.8 Å². The fourth-order valence-corrected chi connectivity index (χ4v) is 5.00. The second-order valence-corrected chi connectivity index (χ2v) is 9.34. The van der Waals surface area contributed by atoms with Gasteiger partial charge in [0.25, 0.3) is 0 Å². The standard InChI is InChI=1S/C17H23NO4Se/c1-17(2,3)22-16(20)18-11-13(10-14(18)15(19)21-4)23-12-8-6-5-7-9-12/h5-9,13-14H,10-11H2,1-4H3/t13-,14-/m0/s1. The van der Waals surface area contributed by atoms with Crippen molar-refractivity contribution in [2.45, 2.75) is 43.7 Å². The summed E-state index contributed by atoms with van der Waals surface area (Å²) in [5, 5.41) is 0. The molecule has 1 saturated heterocycles. The molecule has 126 valence electrons. The number of esters is 1. The molecule has 0 aromatic heterocycles. The van der Waals surface area contributed by atoms with Crippen molar-refractivity contribution in [3.63, 3.8) is 0 Å². The van der Waals surface area contributed by atoms with Gasteiger partial charge in [-0.25, -0.2) is 0 Å². The summed E-state index contributed by atoms with van der Waals surface area (Å²) in [6.07, 6.45) is 0.181. The zero-order valence-corrected chi connectivity index (χ0v) is 15.7. The summed E-state index contributed by atoms with van der Waals surface area (Å²) in [4.78, 5) is 26.2. The van der Waals surface area contributed by atoms with Gasteiger partial charge in [-0.3, -0.25) is 0 Å². The van der Waals surface area contributed by atoms with E-state index in [0.29, 0.717) is 13.0 Å². The van der Waals surface area contributed by atoms with Gasteiger partial charge in [0.15, 0.2) is 0 Å². The summed E-state index contributed by atoms with van der Waals surface area (Å²) in [5.74, 6) is -0.373. The molecule has 1 fully saturated rings. The van der Waals surface area contributed by atoms with Gasteiger partial charge in [-0.05, 0) is 0 Å². The number of benzene rings is 1. The van der Waals surface area contributed by atoms with Crippen molar-refractivity contribution < 1.29 is 19.1 Å². The maximum absolute atomic E-state index is 12.4. The number of hydrogen-bond donors (Lipinski definition) is 0. The molecule has 1 amide bonds. The first-order valence-corrected chi connectivity index (χ1v) is 9.44. The molecule has 2 atom stereocenters. The van der Waals surface area contributed by atoms with Gasteiger partial charge >= 0.3 is 143 Å². The van der Waals surface area contributed by atoms with Gasteiger partial charge in [0, 0.05) is 0 Å². The molecule has 0 saturated carbocycles. The van der Waals surface area contributed by atoms with E-state index in [9.17, 15) is 9.59 Å². The van der Waals surface area contributed by atoms with Gasteiger partial charge < -0.3 is 0 Å². The molecule has 6 heteroatoms. The first kappa shape index (κ1) is 17.8. The Kier molecular flexibility index (Phi) is 5.71. The van der Waals surface area contributed by atoms with E-state index in [1.54, 1.807) is 0 Å².